The number of aromatic carboxylic acids is 2. The van der Waals surface area contributed by atoms with Gasteiger partial charge in [-0.2, -0.15) is 0 Å². The molecule has 0 fully saturated rings. The van der Waals surface area contributed by atoms with Gasteiger partial charge in [0.05, 0.1) is 11.1 Å². The van der Waals surface area contributed by atoms with E-state index in [0.717, 1.165) is 5.39 Å². The Morgan fingerprint density at radius 3 is 2.09 bits per heavy atom. The molecule has 0 spiro atoms. The van der Waals surface area contributed by atoms with E-state index in [2.05, 4.69) is 0 Å². The topological polar surface area (TPSA) is 74.6 Å². The van der Waals surface area contributed by atoms with E-state index < -0.39 is 11.9 Å². The average Bonchev–Trinajstić information content (AvgIpc) is 2.52. The minimum absolute atomic E-state index is 0.121. The lowest BCUT2D eigenvalue weighted by Gasteiger charge is -2.13. The second-order valence-electron chi connectivity index (χ2n) is 5.32. The molecule has 0 aromatic heterocycles. The van der Waals surface area contributed by atoms with Crippen molar-refractivity contribution in [2.24, 2.45) is 0 Å². The number of fused-ring (bicyclic) bond motifs is 1. The maximum atomic E-state index is 11.8. The molecule has 0 saturated heterocycles. The van der Waals surface area contributed by atoms with E-state index >= 15 is 0 Å². The summed E-state index contributed by atoms with van der Waals surface area (Å²) in [4.78, 5) is 23.4. The molecule has 0 unspecified atom stereocenters. The highest BCUT2D eigenvalue weighted by molar-refractivity contribution is 6.11. The summed E-state index contributed by atoms with van der Waals surface area (Å²) in [5.74, 6) is -2.14. The normalized spacial score (nSPS) is 10.7. The highest BCUT2D eigenvalue weighted by atomic mass is 16.4. The number of rotatable bonds is 3. The summed E-state index contributed by atoms with van der Waals surface area (Å²) < 4.78 is 0. The number of hydrogen-bond donors (Lipinski definition) is 2. The highest BCUT2D eigenvalue weighted by Gasteiger charge is 2.21. The standard InChI is InChI=1S/C19H14O4/c1-11-5-4-8-14(16(11)18(20)21)15-10-9-12-6-2-3-7-13(12)17(15)19(22)23/h2-10H,1H3,(H,20,21)(H,22,23). The van der Waals surface area contributed by atoms with Crippen molar-refractivity contribution in [3.8, 4) is 11.1 Å². The SMILES string of the molecule is Cc1cccc(-c2ccc3ccccc3c2C(=O)O)c1C(=O)O. The van der Waals surface area contributed by atoms with Crippen LogP contribution in [0.1, 0.15) is 26.3 Å². The fourth-order valence-electron chi connectivity index (χ4n) is 2.90. The minimum Gasteiger partial charge on any atom is -0.478 e. The summed E-state index contributed by atoms with van der Waals surface area (Å²) in [6, 6.07) is 15.7. The molecule has 0 aliphatic carbocycles. The monoisotopic (exact) mass is 306 g/mol. The Balaban J connectivity index is 2.43. The van der Waals surface area contributed by atoms with Gasteiger partial charge in [0, 0.05) is 0 Å². The van der Waals surface area contributed by atoms with E-state index in [1.54, 1.807) is 43.3 Å². The van der Waals surface area contributed by atoms with Gasteiger partial charge in [-0.25, -0.2) is 9.59 Å². The Bertz CT molecular complexity index is 941. The molecule has 2 N–H and O–H groups in total. The van der Waals surface area contributed by atoms with Crippen LogP contribution in [-0.4, -0.2) is 22.2 Å². The number of aryl methyl sites for hydroxylation is 1. The van der Waals surface area contributed by atoms with Crippen molar-refractivity contribution >= 4 is 22.7 Å². The van der Waals surface area contributed by atoms with Crippen molar-refractivity contribution < 1.29 is 19.8 Å². The summed E-state index contributed by atoms with van der Waals surface area (Å²) >= 11 is 0. The molecule has 0 atom stereocenters. The molecular weight excluding hydrogens is 292 g/mol. The lowest BCUT2D eigenvalue weighted by Crippen LogP contribution is -2.06. The van der Waals surface area contributed by atoms with E-state index in [9.17, 15) is 19.8 Å². The zero-order valence-electron chi connectivity index (χ0n) is 12.4. The van der Waals surface area contributed by atoms with Crippen LogP contribution >= 0.6 is 0 Å². The van der Waals surface area contributed by atoms with Crippen molar-refractivity contribution in [2.75, 3.05) is 0 Å². The van der Waals surface area contributed by atoms with Crippen molar-refractivity contribution in [3.05, 3.63) is 71.3 Å². The first-order chi connectivity index (χ1) is 11.0. The van der Waals surface area contributed by atoms with Gasteiger partial charge in [0.2, 0.25) is 0 Å². The van der Waals surface area contributed by atoms with Crippen LogP contribution in [-0.2, 0) is 0 Å². The van der Waals surface area contributed by atoms with Crippen molar-refractivity contribution in [2.45, 2.75) is 6.92 Å². The van der Waals surface area contributed by atoms with Gasteiger partial charge in [0.15, 0.2) is 0 Å². The van der Waals surface area contributed by atoms with Crippen LogP contribution in [0.3, 0.4) is 0 Å². The van der Waals surface area contributed by atoms with Crippen LogP contribution in [0.2, 0.25) is 0 Å². The molecule has 3 aromatic carbocycles. The Labute approximate surface area is 132 Å². The van der Waals surface area contributed by atoms with Crippen molar-refractivity contribution in [1.82, 2.24) is 0 Å². The molecule has 0 saturated carbocycles. The highest BCUT2D eigenvalue weighted by Crippen LogP contribution is 2.33. The lowest BCUT2D eigenvalue weighted by molar-refractivity contribution is 0.0685. The molecule has 0 radical (unpaired) electrons. The summed E-state index contributed by atoms with van der Waals surface area (Å²) in [6.07, 6.45) is 0. The first kappa shape index (κ1) is 14.8. The number of carbonyl (C=O) groups is 2. The lowest BCUT2D eigenvalue weighted by atomic mass is 9.90. The van der Waals surface area contributed by atoms with E-state index in [1.165, 1.54) is 0 Å². The van der Waals surface area contributed by atoms with E-state index in [4.69, 9.17) is 0 Å². The maximum absolute atomic E-state index is 11.8. The number of benzene rings is 3. The Morgan fingerprint density at radius 1 is 0.739 bits per heavy atom. The van der Waals surface area contributed by atoms with E-state index in [0.29, 0.717) is 22.1 Å². The van der Waals surface area contributed by atoms with Gasteiger partial charge < -0.3 is 10.2 Å². The summed E-state index contributed by atoms with van der Waals surface area (Å²) in [5, 5.41) is 20.6. The van der Waals surface area contributed by atoms with Gasteiger partial charge in [-0.05, 0) is 34.4 Å². The molecule has 4 nitrogen and oxygen atoms in total. The maximum Gasteiger partial charge on any atom is 0.336 e. The Morgan fingerprint density at radius 2 is 1.39 bits per heavy atom. The zero-order chi connectivity index (χ0) is 16.6. The summed E-state index contributed by atoms with van der Waals surface area (Å²) in [5.41, 5.74) is 1.68. The molecule has 0 heterocycles. The fourth-order valence-corrected chi connectivity index (χ4v) is 2.90. The smallest absolute Gasteiger partial charge is 0.336 e. The summed E-state index contributed by atoms with van der Waals surface area (Å²) in [6.45, 7) is 1.70. The van der Waals surface area contributed by atoms with E-state index in [1.807, 2.05) is 18.2 Å². The molecule has 3 rings (SSSR count). The molecular formula is C19H14O4. The van der Waals surface area contributed by atoms with Crippen molar-refractivity contribution in [1.29, 1.82) is 0 Å². The second-order valence-corrected chi connectivity index (χ2v) is 5.32. The van der Waals surface area contributed by atoms with Gasteiger partial charge in [0.1, 0.15) is 0 Å². The first-order valence-electron chi connectivity index (χ1n) is 7.09. The Hall–Kier alpha value is -3.14. The zero-order valence-corrected chi connectivity index (χ0v) is 12.4. The third-order valence-corrected chi connectivity index (χ3v) is 3.92. The molecule has 0 aliphatic heterocycles. The molecule has 0 bridgehead atoms. The van der Waals surface area contributed by atoms with Crippen LogP contribution in [0.25, 0.3) is 21.9 Å². The summed E-state index contributed by atoms with van der Waals surface area (Å²) in [7, 11) is 0. The van der Waals surface area contributed by atoms with Crippen LogP contribution in [0.5, 0.6) is 0 Å². The van der Waals surface area contributed by atoms with Crippen molar-refractivity contribution in [3.63, 3.8) is 0 Å². The minimum atomic E-state index is -1.07. The first-order valence-corrected chi connectivity index (χ1v) is 7.09. The van der Waals surface area contributed by atoms with E-state index in [-0.39, 0.29) is 11.1 Å². The van der Waals surface area contributed by atoms with Gasteiger partial charge >= 0.3 is 11.9 Å². The van der Waals surface area contributed by atoms with Gasteiger partial charge in [-0.15, -0.1) is 0 Å². The van der Waals surface area contributed by atoms with Gasteiger partial charge in [-0.1, -0.05) is 54.6 Å². The van der Waals surface area contributed by atoms with Gasteiger partial charge in [0.25, 0.3) is 0 Å². The largest absolute Gasteiger partial charge is 0.478 e. The van der Waals surface area contributed by atoms with Crippen LogP contribution in [0.15, 0.2) is 54.6 Å². The van der Waals surface area contributed by atoms with Gasteiger partial charge in [-0.3, -0.25) is 0 Å². The third-order valence-electron chi connectivity index (χ3n) is 3.92. The molecule has 0 aliphatic rings. The number of carboxylic acids is 2. The average molecular weight is 306 g/mol. The second kappa shape index (κ2) is 5.57. The third kappa shape index (κ3) is 2.44. The fraction of sp³-hybridized carbons (Fsp3) is 0.0526. The number of hydrogen-bond acceptors (Lipinski definition) is 2. The molecule has 23 heavy (non-hydrogen) atoms. The number of carboxylic acid groups (broad SMARTS) is 2. The predicted octanol–water partition coefficient (Wildman–Crippen LogP) is 4.21. The molecule has 114 valence electrons. The molecule has 0 amide bonds. The quantitative estimate of drug-likeness (QED) is 0.760. The van der Waals surface area contributed by atoms with Crippen LogP contribution in [0.4, 0.5) is 0 Å². The molecule has 4 heteroatoms. The molecule has 3 aromatic rings. The predicted molar refractivity (Wildman–Crippen MR) is 88.0 cm³/mol. The Kier molecular flexibility index (Phi) is 3.58. The van der Waals surface area contributed by atoms with Crippen LogP contribution in [0, 0.1) is 6.92 Å². The van der Waals surface area contributed by atoms with Crippen LogP contribution < -0.4 is 0 Å².